The van der Waals surface area contributed by atoms with E-state index in [4.69, 9.17) is 4.74 Å². The van der Waals surface area contributed by atoms with E-state index in [0.717, 1.165) is 25.9 Å². The molecular formula is C18H22N2O4. The molecule has 0 aliphatic carbocycles. The van der Waals surface area contributed by atoms with E-state index in [-0.39, 0.29) is 17.4 Å². The van der Waals surface area contributed by atoms with E-state index < -0.39 is 11.2 Å². The molecule has 0 amide bonds. The number of nitro groups is 1. The minimum absolute atomic E-state index is 0.00127. The van der Waals surface area contributed by atoms with Gasteiger partial charge in [-0.3, -0.25) is 19.8 Å². The van der Waals surface area contributed by atoms with Gasteiger partial charge in [0.2, 0.25) is 0 Å². The van der Waals surface area contributed by atoms with Gasteiger partial charge in [0.25, 0.3) is 5.69 Å². The van der Waals surface area contributed by atoms with Crippen LogP contribution in [0.15, 0.2) is 23.8 Å². The molecule has 6 heteroatoms. The second-order valence-corrected chi connectivity index (χ2v) is 6.66. The normalized spacial score (nSPS) is 21.0. The quantitative estimate of drug-likeness (QED) is 0.625. The van der Waals surface area contributed by atoms with Gasteiger partial charge in [0.1, 0.15) is 5.75 Å². The molecule has 2 aliphatic rings. The van der Waals surface area contributed by atoms with Crippen LogP contribution in [-0.4, -0.2) is 34.9 Å². The number of ketones is 1. The number of fused-ring (bicyclic) bond motifs is 1. The number of hydrogen-bond donors (Lipinski definition) is 0. The third kappa shape index (κ3) is 3.19. The summed E-state index contributed by atoms with van der Waals surface area (Å²) in [7, 11) is 0. The Labute approximate surface area is 141 Å². The molecule has 1 aromatic carbocycles. The summed E-state index contributed by atoms with van der Waals surface area (Å²) in [5.41, 5.74) is 1.20. The van der Waals surface area contributed by atoms with Crippen molar-refractivity contribution in [3.05, 3.63) is 39.4 Å². The van der Waals surface area contributed by atoms with Gasteiger partial charge in [-0.2, -0.15) is 0 Å². The first kappa shape index (κ1) is 16.6. The van der Waals surface area contributed by atoms with E-state index >= 15 is 0 Å². The number of piperidine rings is 1. The number of carbonyl (C=O) groups is 1. The van der Waals surface area contributed by atoms with Crippen molar-refractivity contribution >= 4 is 17.5 Å². The Kier molecular flexibility index (Phi) is 4.66. The van der Waals surface area contributed by atoms with Crippen LogP contribution >= 0.6 is 0 Å². The first-order valence-corrected chi connectivity index (χ1v) is 8.42. The summed E-state index contributed by atoms with van der Waals surface area (Å²) in [6, 6.07) is 4.53. The predicted molar refractivity (Wildman–Crippen MR) is 90.8 cm³/mol. The van der Waals surface area contributed by atoms with Crippen molar-refractivity contribution in [2.45, 2.75) is 39.3 Å². The summed E-state index contributed by atoms with van der Waals surface area (Å²) in [6.45, 7) is 5.52. The summed E-state index contributed by atoms with van der Waals surface area (Å²) in [5.74, 6) is 0.478. The molecule has 0 unspecified atom stereocenters. The number of non-ortho nitro benzene ring substituents is 1. The fourth-order valence-corrected chi connectivity index (χ4v) is 3.24. The molecule has 1 saturated heterocycles. The van der Waals surface area contributed by atoms with Crippen molar-refractivity contribution in [1.82, 2.24) is 4.90 Å². The van der Waals surface area contributed by atoms with E-state index in [0.29, 0.717) is 16.9 Å². The van der Waals surface area contributed by atoms with E-state index in [2.05, 4.69) is 4.90 Å². The minimum Gasteiger partial charge on any atom is -0.470 e. The standard InChI is InChI=1S/C18H22N2O4/c1-12(2)17(21)15-11-13-10-14(20(22)23)6-7-16(13)24-18(15)19-8-4-3-5-9-19/h6-7,10-12,18H,3-5,8-9H2,1-2H3/t18-/m0/s1. The van der Waals surface area contributed by atoms with Gasteiger partial charge >= 0.3 is 0 Å². The Morgan fingerprint density at radius 2 is 2.00 bits per heavy atom. The highest BCUT2D eigenvalue weighted by molar-refractivity contribution is 6.02. The third-order valence-corrected chi connectivity index (χ3v) is 4.55. The molecule has 24 heavy (non-hydrogen) atoms. The second kappa shape index (κ2) is 6.73. The second-order valence-electron chi connectivity index (χ2n) is 6.66. The van der Waals surface area contributed by atoms with E-state index in [9.17, 15) is 14.9 Å². The lowest BCUT2D eigenvalue weighted by Crippen LogP contribution is -2.47. The lowest BCUT2D eigenvalue weighted by molar-refractivity contribution is -0.384. The molecule has 0 aromatic heterocycles. The lowest BCUT2D eigenvalue weighted by Gasteiger charge is -2.38. The number of hydrogen-bond acceptors (Lipinski definition) is 5. The molecule has 0 spiro atoms. The average Bonchev–Trinajstić information content (AvgIpc) is 2.60. The van der Waals surface area contributed by atoms with Crippen LogP contribution in [0.25, 0.3) is 6.08 Å². The maximum atomic E-state index is 12.7. The Hall–Kier alpha value is -2.21. The van der Waals surface area contributed by atoms with Crippen LogP contribution in [-0.2, 0) is 4.79 Å². The van der Waals surface area contributed by atoms with Crippen molar-refractivity contribution in [2.24, 2.45) is 5.92 Å². The van der Waals surface area contributed by atoms with Crippen LogP contribution in [0.3, 0.4) is 0 Å². The first-order chi connectivity index (χ1) is 11.5. The zero-order chi connectivity index (χ0) is 17.3. The van der Waals surface area contributed by atoms with Gasteiger partial charge in [-0.1, -0.05) is 20.3 Å². The minimum atomic E-state index is -0.436. The highest BCUT2D eigenvalue weighted by Gasteiger charge is 2.34. The van der Waals surface area contributed by atoms with Crippen LogP contribution in [0.2, 0.25) is 0 Å². The van der Waals surface area contributed by atoms with Gasteiger partial charge in [0.15, 0.2) is 12.0 Å². The van der Waals surface area contributed by atoms with Crippen LogP contribution < -0.4 is 4.74 Å². The third-order valence-electron chi connectivity index (χ3n) is 4.55. The van der Waals surface area contributed by atoms with Crippen LogP contribution in [0.1, 0.15) is 38.7 Å². The smallest absolute Gasteiger partial charge is 0.270 e. The van der Waals surface area contributed by atoms with Crippen LogP contribution in [0.5, 0.6) is 5.75 Å². The summed E-state index contributed by atoms with van der Waals surface area (Å²) in [4.78, 5) is 25.4. The van der Waals surface area contributed by atoms with Crippen molar-refractivity contribution in [3.8, 4) is 5.75 Å². The monoisotopic (exact) mass is 330 g/mol. The summed E-state index contributed by atoms with van der Waals surface area (Å²) >= 11 is 0. The van der Waals surface area contributed by atoms with E-state index in [1.807, 2.05) is 13.8 Å². The van der Waals surface area contributed by atoms with Gasteiger partial charge < -0.3 is 4.74 Å². The SMILES string of the molecule is CC(C)C(=O)C1=Cc2cc([N+](=O)[O-])ccc2O[C@@H]1N1CCCCC1. The number of rotatable bonds is 4. The van der Waals surface area contributed by atoms with Crippen LogP contribution in [0, 0.1) is 16.0 Å². The Morgan fingerprint density at radius 3 is 2.62 bits per heavy atom. The van der Waals surface area contributed by atoms with Gasteiger partial charge in [0.05, 0.1) is 10.5 Å². The van der Waals surface area contributed by atoms with Crippen LogP contribution in [0.4, 0.5) is 5.69 Å². The molecule has 1 aromatic rings. The Bertz CT molecular complexity index is 690. The largest absolute Gasteiger partial charge is 0.470 e. The molecule has 1 fully saturated rings. The molecule has 1 atom stereocenters. The first-order valence-electron chi connectivity index (χ1n) is 8.42. The molecule has 3 rings (SSSR count). The van der Waals surface area contributed by atoms with Gasteiger partial charge in [0, 0.05) is 36.7 Å². The number of likely N-dealkylation sites (tertiary alicyclic amines) is 1. The van der Waals surface area contributed by atoms with Gasteiger partial charge in [-0.15, -0.1) is 0 Å². The van der Waals surface area contributed by atoms with Crippen molar-refractivity contribution < 1.29 is 14.5 Å². The number of nitro benzene ring substituents is 1. The van der Waals surface area contributed by atoms with Crippen molar-refractivity contribution in [2.75, 3.05) is 13.1 Å². The Balaban J connectivity index is 2.00. The topological polar surface area (TPSA) is 72.7 Å². The molecule has 0 saturated carbocycles. The molecule has 128 valence electrons. The highest BCUT2D eigenvalue weighted by Crippen LogP contribution is 2.35. The molecule has 2 heterocycles. The highest BCUT2D eigenvalue weighted by atomic mass is 16.6. The maximum Gasteiger partial charge on any atom is 0.270 e. The number of benzene rings is 1. The van der Waals surface area contributed by atoms with E-state index in [1.54, 1.807) is 12.1 Å². The lowest BCUT2D eigenvalue weighted by atomic mass is 9.94. The van der Waals surface area contributed by atoms with Gasteiger partial charge in [-0.05, 0) is 25.0 Å². The maximum absolute atomic E-state index is 12.7. The number of ether oxygens (including phenoxy) is 1. The average molecular weight is 330 g/mol. The van der Waals surface area contributed by atoms with Crippen molar-refractivity contribution in [3.63, 3.8) is 0 Å². The number of Topliss-reactive ketones (excluding diaryl/α,β-unsaturated/α-hetero) is 1. The zero-order valence-corrected chi connectivity index (χ0v) is 14.0. The summed E-state index contributed by atoms with van der Waals surface area (Å²) in [5, 5.41) is 11.0. The molecule has 6 nitrogen and oxygen atoms in total. The summed E-state index contributed by atoms with van der Waals surface area (Å²) < 4.78 is 6.10. The fraction of sp³-hybridized carbons (Fsp3) is 0.500. The molecule has 0 radical (unpaired) electrons. The fourth-order valence-electron chi connectivity index (χ4n) is 3.24. The number of nitrogens with zero attached hydrogens (tertiary/aromatic N) is 2. The van der Waals surface area contributed by atoms with Crippen molar-refractivity contribution in [1.29, 1.82) is 0 Å². The molecular weight excluding hydrogens is 308 g/mol. The summed E-state index contributed by atoms with van der Waals surface area (Å²) in [6.07, 6.45) is 4.76. The molecule has 0 bridgehead atoms. The Morgan fingerprint density at radius 1 is 1.29 bits per heavy atom. The number of carbonyl (C=O) groups excluding carboxylic acids is 1. The van der Waals surface area contributed by atoms with Gasteiger partial charge in [-0.25, -0.2) is 0 Å². The molecule has 0 N–H and O–H groups in total. The predicted octanol–water partition coefficient (Wildman–Crippen LogP) is 3.41. The zero-order valence-electron chi connectivity index (χ0n) is 14.0. The van der Waals surface area contributed by atoms with E-state index in [1.165, 1.54) is 18.6 Å². The molecule has 2 aliphatic heterocycles.